The maximum Gasteiger partial charge on any atom is 0.126 e. The lowest BCUT2D eigenvalue weighted by atomic mass is 9.97. The first-order chi connectivity index (χ1) is 9.38. The van der Waals surface area contributed by atoms with Gasteiger partial charge in [0.25, 0.3) is 0 Å². The van der Waals surface area contributed by atoms with Gasteiger partial charge in [0.15, 0.2) is 0 Å². The van der Waals surface area contributed by atoms with Gasteiger partial charge in [-0.15, -0.1) is 0 Å². The minimum atomic E-state index is 0.243. The summed E-state index contributed by atoms with van der Waals surface area (Å²) in [6.07, 6.45) is 1.25. The standard InChI is InChI=1S/C18H20O2/c1-11(2)7-14-6-5-13-10-17(19)15(8-12(3)4)9-16(13)18(14)20/h5-6,9-10,19-20H,1,3,7-8H2,2,4H3. The summed E-state index contributed by atoms with van der Waals surface area (Å²) in [6, 6.07) is 7.33. The van der Waals surface area contributed by atoms with Crippen molar-refractivity contribution in [2.75, 3.05) is 0 Å². The fourth-order valence-electron chi connectivity index (χ4n) is 2.37. The summed E-state index contributed by atoms with van der Waals surface area (Å²) in [4.78, 5) is 0. The predicted molar refractivity (Wildman–Crippen MR) is 84.3 cm³/mol. The Hall–Kier alpha value is -2.22. The molecule has 0 unspecified atom stereocenters. The van der Waals surface area contributed by atoms with Crippen LogP contribution in [0.2, 0.25) is 0 Å². The maximum atomic E-state index is 10.4. The predicted octanol–water partition coefficient (Wildman–Crippen LogP) is 4.49. The highest BCUT2D eigenvalue weighted by Gasteiger charge is 2.10. The van der Waals surface area contributed by atoms with E-state index < -0.39 is 0 Å². The third-order valence-corrected chi connectivity index (χ3v) is 3.26. The summed E-state index contributed by atoms with van der Waals surface area (Å²) >= 11 is 0. The Kier molecular flexibility index (Phi) is 3.84. The van der Waals surface area contributed by atoms with E-state index in [4.69, 9.17) is 0 Å². The number of rotatable bonds is 4. The average Bonchev–Trinajstić information content (AvgIpc) is 2.34. The molecule has 0 aliphatic carbocycles. The molecule has 0 saturated carbocycles. The minimum Gasteiger partial charge on any atom is -0.508 e. The van der Waals surface area contributed by atoms with Crippen molar-refractivity contribution in [3.05, 3.63) is 59.7 Å². The number of allylic oxidation sites excluding steroid dienone is 2. The van der Waals surface area contributed by atoms with E-state index in [-0.39, 0.29) is 11.5 Å². The Morgan fingerprint density at radius 1 is 0.950 bits per heavy atom. The van der Waals surface area contributed by atoms with Crippen molar-refractivity contribution in [3.63, 3.8) is 0 Å². The van der Waals surface area contributed by atoms with Gasteiger partial charge < -0.3 is 10.2 Å². The van der Waals surface area contributed by atoms with E-state index in [1.165, 1.54) is 0 Å². The topological polar surface area (TPSA) is 40.5 Å². The average molecular weight is 268 g/mol. The fraction of sp³-hybridized carbons (Fsp3) is 0.222. The van der Waals surface area contributed by atoms with Gasteiger partial charge in [-0.05, 0) is 55.3 Å². The molecule has 104 valence electrons. The molecule has 2 aromatic carbocycles. The van der Waals surface area contributed by atoms with E-state index >= 15 is 0 Å². The van der Waals surface area contributed by atoms with Crippen LogP contribution in [-0.2, 0) is 12.8 Å². The number of phenolic OH excluding ortho intramolecular Hbond substituents is 2. The van der Waals surface area contributed by atoms with Crippen LogP contribution in [0.25, 0.3) is 10.8 Å². The minimum absolute atomic E-state index is 0.243. The Morgan fingerprint density at radius 3 is 2.15 bits per heavy atom. The van der Waals surface area contributed by atoms with Gasteiger partial charge in [0.05, 0.1) is 0 Å². The van der Waals surface area contributed by atoms with Crippen LogP contribution in [0.4, 0.5) is 0 Å². The van der Waals surface area contributed by atoms with Crippen LogP contribution in [0.5, 0.6) is 11.5 Å². The number of hydrogen-bond acceptors (Lipinski definition) is 2. The van der Waals surface area contributed by atoms with Crippen LogP contribution >= 0.6 is 0 Å². The first-order valence-electron chi connectivity index (χ1n) is 6.63. The van der Waals surface area contributed by atoms with Crippen LogP contribution in [0.15, 0.2) is 48.6 Å². The van der Waals surface area contributed by atoms with Crippen molar-refractivity contribution in [1.29, 1.82) is 0 Å². The Labute approximate surface area is 119 Å². The van der Waals surface area contributed by atoms with Gasteiger partial charge >= 0.3 is 0 Å². The number of aromatic hydroxyl groups is 2. The van der Waals surface area contributed by atoms with Crippen molar-refractivity contribution >= 4 is 10.8 Å². The molecule has 0 fully saturated rings. The van der Waals surface area contributed by atoms with E-state index in [1.807, 2.05) is 32.0 Å². The van der Waals surface area contributed by atoms with E-state index in [0.29, 0.717) is 12.8 Å². The molecule has 0 saturated heterocycles. The lowest BCUT2D eigenvalue weighted by Gasteiger charge is -2.11. The highest BCUT2D eigenvalue weighted by atomic mass is 16.3. The summed E-state index contributed by atoms with van der Waals surface area (Å²) in [7, 11) is 0. The zero-order chi connectivity index (χ0) is 14.9. The third kappa shape index (κ3) is 2.85. The van der Waals surface area contributed by atoms with Crippen molar-refractivity contribution in [1.82, 2.24) is 0 Å². The van der Waals surface area contributed by atoms with Crippen molar-refractivity contribution in [2.45, 2.75) is 26.7 Å². The molecule has 0 bridgehead atoms. The number of phenols is 2. The molecule has 2 rings (SSSR count). The molecular formula is C18H20O2. The van der Waals surface area contributed by atoms with E-state index in [0.717, 1.165) is 33.0 Å². The highest BCUT2D eigenvalue weighted by Crippen LogP contribution is 2.34. The molecule has 0 amide bonds. The van der Waals surface area contributed by atoms with Crippen LogP contribution in [-0.4, -0.2) is 10.2 Å². The van der Waals surface area contributed by atoms with Gasteiger partial charge in [-0.3, -0.25) is 0 Å². The molecule has 0 heterocycles. The summed E-state index contributed by atoms with van der Waals surface area (Å²) < 4.78 is 0. The quantitative estimate of drug-likeness (QED) is 0.802. The van der Waals surface area contributed by atoms with Crippen LogP contribution < -0.4 is 0 Å². The molecule has 2 N–H and O–H groups in total. The zero-order valence-electron chi connectivity index (χ0n) is 12.0. The summed E-state index contributed by atoms with van der Waals surface area (Å²) in [5.41, 5.74) is 3.61. The molecule has 0 aromatic heterocycles. The summed E-state index contributed by atoms with van der Waals surface area (Å²) in [5.74, 6) is 0.515. The van der Waals surface area contributed by atoms with Gasteiger partial charge in [0.2, 0.25) is 0 Å². The van der Waals surface area contributed by atoms with Crippen LogP contribution in [0.1, 0.15) is 25.0 Å². The second-order valence-corrected chi connectivity index (χ2v) is 5.54. The normalized spacial score (nSPS) is 10.7. The molecule has 2 heteroatoms. The molecule has 2 nitrogen and oxygen atoms in total. The molecule has 20 heavy (non-hydrogen) atoms. The number of benzene rings is 2. The molecular weight excluding hydrogens is 248 g/mol. The highest BCUT2D eigenvalue weighted by molar-refractivity contribution is 5.91. The van der Waals surface area contributed by atoms with Crippen molar-refractivity contribution in [3.8, 4) is 11.5 Å². The molecule has 0 spiro atoms. The molecule has 0 radical (unpaired) electrons. The zero-order valence-corrected chi connectivity index (χ0v) is 12.0. The van der Waals surface area contributed by atoms with Gasteiger partial charge in [-0.1, -0.05) is 36.4 Å². The van der Waals surface area contributed by atoms with Gasteiger partial charge in [-0.2, -0.15) is 0 Å². The maximum absolute atomic E-state index is 10.4. The molecule has 0 aliphatic heterocycles. The van der Waals surface area contributed by atoms with Gasteiger partial charge in [-0.25, -0.2) is 0 Å². The van der Waals surface area contributed by atoms with Gasteiger partial charge in [0.1, 0.15) is 11.5 Å². The van der Waals surface area contributed by atoms with E-state index in [1.54, 1.807) is 6.07 Å². The van der Waals surface area contributed by atoms with Crippen molar-refractivity contribution < 1.29 is 10.2 Å². The first-order valence-corrected chi connectivity index (χ1v) is 6.63. The lowest BCUT2D eigenvalue weighted by molar-refractivity contribution is 0.468. The second-order valence-electron chi connectivity index (χ2n) is 5.54. The Morgan fingerprint density at radius 2 is 1.55 bits per heavy atom. The SMILES string of the molecule is C=C(C)Cc1cc2c(O)c(CC(=C)C)ccc2cc1O. The largest absolute Gasteiger partial charge is 0.508 e. The van der Waals surface area contributed by atoms with Crippen molar-refractivity contribution in [2.24, 2.45) is 0 Å². The summed E-state index contributed by atoms with van der Waals surface area (Å²) in [6.45, 7) is 11.6. The Bertz CT molecular complexity index is 696. The first kappa shape index (κ1) is 14.2. The third-order valence-electron chi connectivity index (χ3n) is 3.26. The number of fused-ring (bicyclic) bond motifs is 1. The van der Waals surface area contributed by atoms with Crippen LogP contribution in [0, 0.1) is 0 Å². The number of hydrogen-bond donors (Lipinski definition) is 2. The second kappa shape index (κ2) is 5.41. The monoisotopic (exact) mass is 268 g/mol. The van der Waals surface area contributed by atoms with E-state index in [2.05, 4.69) is 13.2 Å². The molecule has 0 atom stereocenters. The smallest absolute Gasteiger partial charge is 0.126 e. The molecule has 2 aromatic rings. The van der Waals surface area contributed by atoms with Crippen LogP contribution in [0.3, 0.4) is 0 Å². The molecule has 0 aliphatic rings. The Balaban J connectivity index is 2.60. The fourth-order valence-corrected chi connectivity index (χ4v) is 2.37. The van der Waals surface area contributed by atoms with E-state index in [9.17, 15) is 10.2 Å². The van der Waals surface area contributed by atoms with Gasteiger partial charge in [0, 0.05) is 5.39 Å². The summed E-state index contributed by atoms with van der Waals surface area (Å²) in [5, 5.41) is 22.0. The lowest BCUT2D eigenvalue weighted by Crippen LogP contribution is -1.91.